The summed E-state index contributed by atoms with van der Waals surface area (Å²) in [6, 6.07) is 2.82. The number of aldehydes is 8. The highest BCUT2D eigenvalue weighted by molar-refractivity contribution is 6.38. The van der Waals surface area contributed by atoms with Gasteiger partial charge in [-0.3, -0.25) is 38.4 Å². The summed E-state index contributed by atoms with van der Waals surface area (Å²) in [4.78, 5) is 95.4. The molecule has 32 heavy (non-hydrogen) atoms. The average molecular weight is 426 g/mol. The van der Waals surface area contributed by atoms with E-state index in [1.165, 1.54) is 12.1 Å². The molecule has 4 rings (SSSR count). The van der Waals surface area contributed by atoms with Gasteiger partial charge in [-0.05, 0) is 21.5 Å². The van der Waals surface area contributed by atoms with E-state index in [1.54, 1.807) is 0 Å². The molecule has 0 amide bonds. The van der Waals surface area contributed by atoms with Gasteiger partial charge in [-0.15, -0.1) is 0 Å². The van der Waals surface area contributed by atoms with E-state index >= 15 is 0 Å². The first-order valence-corrected chi connectivity index (χ1v) is 9.11. The van der Waals surface area contributed by atoms with Crippen LogP contribution >= 0.6 is 0 Å². The molecule has 0 aliphatic carbocycles. The lowest BCUT2D eigenvalue weighted by atomic mass is 9.79. The molecule has 0 N–H and O–H groups in total. The highest BCUT2D eigenvalue weighted by Gasteiger charge is 2.28. The smallest absolute Gasteiger partial charge is 0.151 e. The Bertz CT molecular complexity index is 1440. The number of benzene rings is 4. The van der Waals surface area contributed by atoms with E-state index < -0.39 is 0 Å². The first-order valence-electron chi connectivity index (χ1n) is 9.11. The van der Waals surface area contributed by atoms with Gasteiger partial charge in [0.2, 0.25) is 0 Å². The minimum atomic E-state index is -0.286. The van der Waals surface area contributed by atoms with Crippen LogP contribution in [0.5, 0.6) is 0 Å². The Hall–Kier alpha value is -4.72. The Balaban J connectivity index is 2.63. The molecule has 4 aromatic rings. The van der Waals surface area contributed by atoms with Crippen LogP contribution in [-0.2, 0) is 0 Å². The van der Waals surface area contributed by atoms with Crippen LogP contribution in [0.15, 0.2) is 12.1 Å². The van der Waals surface area contributed by atoms with Crippen molar-refractivity contribution in [1.29, 1.82) is 0 Å². The molecular weight excluding hydrogens is 416 g/mol. The second-order valence-corrected chi connectivity index (χ2v) is 6.91. The average Bonchev–Trinajstić information content (AvgIpc) is 2.84. The van der Waals surface area contributed by atoms with Gasteiger partial charge in [0.05, 0.1) is 0 Å². The van der Waals surface area contributed by atoms with Gasteiger partial charge in [-0.2, -0.15) is 0 Å². The zero-order valence-corrected chi connectivity index (χ0v) is 16.0. The maximum absolute atomic E-state index is 12.1. The molecule has 0 aromatic heterocycles. The van der Waals surface area contributed by atoms with E-state index in [2.05, 4.69) is 0 Å². The topological polar surface area (TPSA) is 137 Å². The van der Waals surface area contributed by atoms with Gasteiger partial charge in [0, 0.05) is 55.3 Å². The second-order valence-electron chi connectivity index (χ2n) is 6.91. The van der Waals surface area contributed by atoms with Crippen LogP contribution in [0.2, 0.25) is 0 Å². The largest absolute Gasteiger partial charge is 0.298 e. The molecule has 154 valence electrons. The maximum atomic E-state index is 12.1. The van der Waals surface area contributed by atoms with Gasteiger partial charge in [0.1, 0.15) is 0 Å². The van der Waals surface area contributed by atoms with Gasteiger partial charge in [-0.25, -0.2) is 0 Å². The summed E-state index contributed by atoms with van der Waals surface area (Å²) in [5.41, 5.74) is -1.93. The quantitative estimate of drug-likeness (QED) is 0.310. The van der Waals surface area contributed by atoms with Crippen molar-refractivity contribution in [3.05, 3.63) is 56.6 Å². The van der Waals surface area contributed by atoms with Crippen molar-refractivity contribution in [3.63, 3.8) is 0 Å². The molecule has 0 saturated heterocycles. The Morgan fingerprint density at radius 3 is 0.812 bits per heavy atom. The van der Waals surface area contributed by atoms with Gasteiger partial charge in [-0.1, -0.05) is 12.1 Å². The van der Waals surface area contributed by atoms with Crippen molar-refractivity contribution in [3.8, 4) is 0 Å². The van der Waals surface area contributed by atoms with Crippen molar-refractivity contribution < 1.29 is 38.4 Å². The van der Waals surface area contributed by atoms with Crippen molar-refractivity contribution in [2.75, 3.05) is 0 Å². The van der Waals surface area contributed by atoms with Crippen LogP contribution in [0.4, 0.5) is 0 Å². The Morgan fingerprint density at radius 2 is 0.562 bits per heavy atom. The molecule has 0 heterocycles. The molecule has 0 atom stereocenters. The molecule has 0 aliphatic rings. The maximum Gasteiger partial charge on any atom is 0.151 e. The van der Waals surface area contributed by atoms with E-state index in [0.29, 0.717) is 50.3 Å². The van der Waals surface area contributed by atoms with Crippen molar-refractivity contribution in [2.24, 2.45) is 0 Å². The second kappa shape index (κ2) is 7.51. The van der Waals surface area contributed by atoms with E-state index in [0.717, 1.165) is 0 Å². The zero-order valence-electron chi connectivity index (χ0n) is 16.0. The summed E-state index contributed by atoms with van der Waals surface area (Å²) in [5.74, 6) is 0. The highest BCUT2D eigenvalue weighted by atomic mass is 16.1. The van der Waals surface area contributed by atoms with Gasteiger partial charge in [0.25, 0.3) is 0 Å². The number of carbonyl (C=O) groups excluding carboxylic acids is 8. The molecule has 4 aromatic carbocycles. The molecule has 8 heteroatoms. The minimum absolute atomic E-state index is 0.0644. The summed E-state index contributed by atoms with van der Waals surface area (Å²) in [5, 5.41) is 0.504. The van der Waals surface area contributed by atoms with Crippen molar-refractivity contribution in [1.82, 2.24) is 0 Å². The standard InChI is InChI=1S/C24H10O8/c25-3-13-11-1-2-12-14(4-26)16(6-28)18(8-30)22-20(10-32)19(9-31)21(23(11)24(12)22)17(7-29)15(13)5-27/h1-10H. The van der Waals surface area contributed by atoms with Crippen LogP contribution in [0.1, 0.15) is 82.9 Å². The molecule has 0 aliphatic heterocycles. The Labute approximate surface area is 178 Å². The summed E-state index contributed by atoms with van der Waals surface area (Å²) in [6.45, 7) is 0. The normalized spacial score (nSPS) is 10.9. The molecule has 0 radical (unpaired) electrons. The number of carbonyl (C=O) groups is 8. The summed E-state index contributed by atoms with van der Waals surface area (Å²) in [7, 11) is 0. The first kappa shape index (κ1) is 20.5. The fourth-order valence-corrected chi connectivity index (χ4v) is 4.52. The summed E-state index contributed by atoms with van der Waals surface area (Å²) in [6.07, 6.45) is 2.54. The fraction of sp³-hybridized carbons (Fsp3) is 0. The predicted octanol–water partition coefficient (Wildman–Crippen LogP) is 3.08. The summed E-state index contributed by atoms with van der Waals surface area (Å²) < 4.78 is 0. The lowest BCUT2D eigenvalue weighted by Gasteiger charge is -2.21. The number of hydrogen-bond donors (Lipinski definition) is 0. The fourth-order valence-electron chi connectivity index (χ4n) is 4.52. The van der Waals surface area contributed by atoms with Gasteiger partial charge >= 0.3 is 0 Å². The molecule has 0 unspecified atom stereocenters. The zero-order chi connectivity index (χ0) is 23.2. The molecule has 0 spiro atoms. The molecule has 8 nitrogen and oxygen atoms in total. The molecular formula is C24H10O8. The number of rotatable bonds is 8. The lowest BCUT2D eigenvalue weighted by molar-refractivity contribution is 0.108. The van der Waals surface area contributed by atoms with Gasteiger partial charge in [0.15, 0.2) is 50.3 Å². The van der Waals surface area contributed by atoms with Crippen LogP contribution in [-0.4, -0.2) is 50.3 Å². The third kappa shape index (κ3) is 2.31. The first-order chi connectivity index (χ1) is 15.6. The third-order valence-electron chi connectivity index (χ3n) is 5.76. The van der Waals surface area contributed by atoms with Crippen LogP contribution in [0.3, 0.4) is 0 Å². The predicted molar refractivity (Wildman–Crippen MR) is 113 cm³/mol. The van der Waals surface area contributed by atoms with Crippen molar-refractivity contribution in [2.45, 2.75) is 0 Å². The molecule has 0 fully saturated rings. The van der Waals surface area contributed by atoms with Gasteiger partial charge < -0.3 is 0 Å². The van der Waals surface area contributed by atoms with E-state index in [-0.39, 0.29) is 76.8 Å². The molecule has 0 saturated carbocycles. The number of hydrogen-bond acceptors (Lipinski definition) is 8. The van der Waals surface area contributed by atoms with E-state index in [1.807, 2.05) is 0 Å². The van der Waals surface area contributed by atoms with Crippen LogP contribution in [0.25, 0.3) is 32.3 Å². The van der Waals surface area contributed by atoms with Crippen molar-refractivity contribution >= 4 is 82.6 Å². The highest BCUT2D eigenvalue weighted by Crippen LogP contribution is 2.44. The monoisotopic (exact) mass is 426 g/mol. The third-order valence-corrected chi connectivity index (χ3v) is 5.76. The van der Waals surface area contributed by atoms with E-state index in [9.17, 15) is 38.4 Å². The lowest BCUT2D eigenvalue weighted by Crippen LogP contribution is -2.09. The Morgan fingerprint density at radius 1 is 0.312 bits per heavy atom. The molecule has 0 bridgehead atoms. The van der Waals surface area contributed by atoms with Crippen LogP contribution < -0.4 is 0 Å². The summed E-state index contributed by atoms with van der Waals surface area (Å²) >= 11 is 0. The SMILES string of the molecule is O=Cc1c(C=O)c2ccc3c(C=O)c(C=O)c(C=O)c4c(C=O)c(C=O)c(c1C=O)c2c34. The Kier molecular flexibility index (Phi) is 4.82. The van der Waals surface area contributed by atoms with E-state index in [4.69, 9.17) is 0 Å². The van der Waals surface area contributed by atoms with Crippen LogP contribution in [0, 0.1) is 0 Å². The minimum Gasteiger partial charge on any atom is -0.298 e.